The van der Waals surface area contributed by atoms with Gasteiger partial charge in [-0.3, -0.25) is 0 Å². The second-order valence-electron chi connectivity index (χ2n) is 4.72. The molecule has 1 aromatic carbocycles. The second-order valence-corrected chi connectivity index (χ2v) is 5.54. The molecule has 0 N–H and O–H groups in total. The first kappa shape index (κ1) is 14.9. The Morgan fingerprint density at radius 3 is 2.70 bits per heavy atom. The Labute approximate surface area is 127 Å². The molecule has 1 heterocycles. The van der Waals surface area contributed by atoms with E-state index < -0.39 is 0 Å². The van der Waals surface area contributed by atoms with Crippen molar-refractivity contribution < 1.29 is 9.47 Å². The molecule has 0 amide bonds. The van der Waals surface area contributed by atoms with Crippen LogP contribution in [0.1, 0.15) is 31.2 Å². The average Bonchev–Trinajstić information content (AvgIpc) is 2.38. The van der Waals surface area contributed by atoms with Crippen molar-refractivity contribution in [3.63, 3.8) is 0 Å². The highest BCUT2D eigenvalue weighted by atomic mass is 79.9. The van der Waals surface area contributed by atoms with Crippen molar-refractivity contribution >= 4 is 15.9 Å². The van der Waals surface area contributed by atoms with Gasteiger partial charge in [0.2, 0.25) is 5.88 Å². The van der Waals surface area contributed by atoms with Crippen LogP contribution >= 0.6 is 15.9 Å². The number of halogens is 1. The highest BCUT2D eigenvalue weighted by Crippen LogP contribution is 2.24. The van der Waals surface area contributed by atoms with Gasteiger partial charge in [-0.15, -0.1) is 0 Å². The number of aromatic nitrogens is 2. The molecule has 2 aromatic rings. The van der Waals surface area contributed by atoms with Crippen molar-refractivity contribution in [1.29, 1.82) is 0 Å². The van der Waals surface area contributed by atoms with Crippen LogP contribution < -0.4 is 4.74 Å². The van der Waals surface area contributed by atoms with E-state index in [0.29, 0.717) is 12.5 Å². The zero-order valence-electron chi connectivity index (χ0n) is 11.8. The van der Waals surface area contributed by atoms with Crippen LogP contribution in [0.3, 0.4) is 0 Å². The van der Waals surface area contributed by atoms with Crippen molar-refractivity contribution in [3.8, 4) is 11.6 Å². The van der Waals surface area contributed by atoms with Gasteiger partial charge in [-0.05, 0) is 33.6 Å². The van der Waals surface area contributed by atoms with E-state index in [9.17, 15) is 0 Å². The standard InChI is InChI=1S/C15H17BrN2O2/c1-10(2)15-17-13(16)8-14(18-15)20-12-6-4-5-11(7-12)9-19-3/h4-8,10H,9H2,1-3H3. The largest absolute Gasteiger partial charge is 0.439 e. The first-order chi connectivity index (χ1) is 9.58. The molecule has 0 aliphatic heterocycles. The molecule has 0 saturated carbocycles. The first-order valence-electron chi connectivity index (χ1n) is 6.38. The summed E-state index contributed by atoms with van der Waals surface area (Å²) in [6.07, 6.45) is 0. The molecule has 5 heteroatoms. The molecule has 1 aromatic heterocycles. The van der Waals surface area contributed by atoms with Crippen LogP contribution in [0.2, 0.25) is 0 Å². The van der Waals surface area contributed by atoms with Crippen LogP contribution in [0.25, 0.3) is 0 Å². The molecule has 106 valence electrons. The predicted octanol–water partition coefficient (Wildman–Crippen LogP) is 4.30. The number of ether oxygens (including phenoxy) is 2. The van der Waals surface area contributed by atoms with E-state index in [4.69, 9.17) is 9.47 Å². The summed E-state index contributed by atoms with van der Waals surface area (Å²) in [5, 5.41) is 0. The van der Waals surface area contributed by atoms with Gasteiger partial charge < -0.3 is 9.47 Å². The van der Waals surface area contributed by atoms with Gasteiger partial charge in [0.25, 0.3) is 0 Å². The molecule has 0 unspecified atom stereocenters. The lowest BCUT2D eigenvalue weighted by Crippen LogP contribution is -2.00. The topological polar surface area (TPSA) is 44.2 Å². The fourth-order valence-corrected chi connectivity index (χ4v) is 2.09. The SMILES string of the molecule is COCc1cccc(Oc2cc(Br)nc(C(C)C)n2)c1. The van der Waals surface area contributed by atoms with E-state index >= 15 is 0 Å². The number of rotatable bonds is 5. The van der Waals surface area contributed by atoms with Crippen LogP contribution in [0.5, 0.6) is 11.6 Å². The third-order valence-corrected chi connectivity index (χ3v) is 3.04. The molecule has 20 heavy (non-hydrogen) atoms. The summed E-state index contributed by atoms with van der Waals surface area (Å²) in [7, 11) is 1.67. The Bertz CT molecular complexity index is 588. The van der Waals surface area contributed by atoms with E-state index in [2.05, 4.69) is 25.9 Å². The number of methoxy groups -OCH3 is 1. The summed E-state index contributed by atoms with van der Waals surface area (Å²) in [5.41, 5.74) is 1.06. The Balaban J connectivity index is 2.23. The third-order valence-electron chi connectivity index (χ3n) is 2.64. The molecule has 0 fully saturated rings. The summed E-state index contributed by atoms with van der Waals surface area (Å²) < 4.78 is 11.6. The summed E-state index contributed by atoms with van der Waals surface area (Å²) in [5.74, 6) is 2.27. The van der Waals surface area contributed by atoms with Gasteiger partial charge in [-0.25, -0.2) is 4.98 Å². The van der Waals surface area contributed by atoms with Crippen LogP contribution in [-0.4, -0.2) is 17.1 Å². The van der Waals surface area contributed by atoms with E-state index in [1.807, 2.05) is 38.1 Å². The Morgan fingerprint density at radius 1 is 1.20 bits per heavy atom. The van der Waals surface area contributed by atoms with E-state index in [1.165, 1.54) is 0 Å². The first-order valence-corrected chi connectivity index (χ1v) is 7.18. The molecule has 2 rings (SSSR count). The Hall–Kier alpha value is -1.46. The summed E-state index contributed by atoms with van der Waals surface area (Å²) in [6.45, 7) is 4.65. The van der Waals surface area contributed by atoms with Gasteiger partial charge in [-0.2, -0.15) is 4.98 Å². The molecule has 0 spiro atoms. The van der Waals surface area contributed by atoms with Crippen LogP contribution in [0.4, 0.5) is 0 Å². The molecule has 0 aliphatic carbocycles. The molecular formula is C15H17BrN2O2. The van der Waals surface area contributed by atoms with Gasteiger partial charge >= 0.3 is 0 Å². The van der Waals surface area contributed by atoms with Crippen molar-refractivity contribution in [2.24, 2.45) is 0 Å². The summed E-state index contributed by atoms with van der Waals surface area (Å²) in [6, 6.07) is 9.52. The highest BCUT2D eigenvalue weighted by molar-refractivity contribution is 9.10. The molecule has 4 nitrogen and oxygen atoms in total. The number of benzene rings is 1. The smallest absolute Gasteiger partial charge is 0.223 e. The maximum absolute atomic E-state index is 5.80. The molecule has 0 radical (unpaired) electrons. The third kappa shape index (κ3) is 4.02. The van der Waals surface area contributed by atoms with Gasteiger partial charge in [0.15, 0.2) is 0 Å². The number of hydrogen-bond donors (Lipinski definition) is 0. The van der Waals surface area contributed by atoms with Crippen molar-refractivity contribution in [2.75, 3.05) is 7.11 Å². The van der Waals surface area contributed by atoms with Crippen LogP contribution in [0, 0.1) is 0 Å². The lowest BCUT2D eigenvalue weighted by molar-refractivity contribution is 0.184. The normalized spacial score (nSPS) is 10.8. The van der Waals surface area contributed by atoms with Crippen LogP contribution in [0.15, 0.2) is 34.9 Å². The summed E-state index contributed by atoms with van der Waals surface area (Å²) >= 11 is 3.38. The molecule has 0 bridgehead atoms. The monoisotopic (exact) mass is 336 g/mol. The van der Waals surface area contributed by atoms with E-state index in [-0.39, 0.29) is 5.92 Å². The minimum Gasteiger partial charge on any atom is -0.439 e. The van der Waals surface area contributed by atoms with Crippen molar-refractivity contribution in [2.45, 2.75) is 26.4 Å². The Morgan fingerprint density at radius 2 is 2.00 bits per heavy atom. The second kappa shape index (κ2) is 6.81. The maximum atomic E-state index is 5.80. The Kier molecular flexibility index (Phi) is 5.09. The molecular weight excluding hydrogens is 320 g/mol. The maximum Gasteiger partial charge on any atom is 0.223 e. The van der Waals surface area contributed by atoms with Crippen molar-refractivity contribution in [3.05, 3.63) is 46.3 Å². The van der Waals surface area contributed by atoms with Crippen LogP contribution in [-0.2, 0) is 11.3 Å². The quantitative estimate of drug-likeness (QED) is 0.763. The van der Waals surface area contributed by atoms with E-state index in [1.54, 1.807) is 13.2 Å². The minimum atomic E-state index is 0.245. The molecule has 0 aliphatic rings. The summed E-state index contributed by atoms with van der Waals surface area (Å²) in [4.78, 5) is 8.74. The fourth-order valence-electron chi connectivity index (χ4n) is 1.71. The predicted molar refractivity (Wildman–Crippen MR) is 81.1 cm³/mol. The highest BCUT2D eigenvalue weighted by Gasteiger charge is 2.08. The lowest BCUT2D eigenvalue weighted by atomic mass is 10.2. The van der Waals surface area contributed by atoms with Gasteiger partial charge in [-0.1, -0.05) is 26.0 Å². The fraction of sp³-hybridized carbons (Fsp3) is 0.333. The average molecular weight is 337 g/mol. The van der Waals surface area contributed by atoms with Crippen molar-refractivity contribution in [1.82, 2.24) is 9.97 Å². The molecule has 0 atom stereocenters. The van der Waals surface area contributed by atoms with E-state index in [0.717, 1.165) is 21.7 Å². The number of hydrogen-bond acceptors (Lipinski definition) is 4. The minimum absolute atomic E-state index is 0.245. The van der Waals surface area contributed by atoms with Gasteiger partial charge in [0.1, 0.15) is 16.2 Å². The zero-order chi connectivity index (χ0) is 14.5. The van der Waals surface area contributed by atoms with Gasteiger partial charge in [0.05, 0.1) is 6.61 Å². The number of nitrogens with zero attached hydrogens (tertiary/aromatic N) is 2. The van der Waals surface area contributed by atoms with Gasteiger partial charge in [0, 0.05) is 19.1 Å². The lowest BCUT2D eigenvalue weighted by Gasteiger charge is -2.09. The zero-order valence-corrected chi connectivity index (χ0v) is 13.3. The molecule has 0 saturated heterocycles.